The van der Waals surface area contributed by atoms with Gasteiger partial charge < -0.3 is 15.5 Å². The Morgan fingerprint density at radius 2 is 1.62 bits per heavy atom. The summed E-state index contributed by atoms with van der Waals surface area (Å²) in [7, 11) is 0. The molecular formula is C18H36Cl3N5O3. The smallest absolute Gasteiger partial charge is 0.328 e. The van der Waals surface area contributed by atoms with Crippen LogP contribution in [0.25, 0.3) is 0 Å². The maximum atomic E-state index is 12.3. The molecule has 0 aromatic rings. The zero-order valence-corrected chi connectivity index (χ0v) is 19.4. The molecule has 1 unspecified atom stereocenters. The molecule has 3 aliphatic rings. The molecule has 1 atom stereocenters. The van der Waals surface area contributed by atoms with Gasteiger partial charge in [-0.15, -0.1) is 42.3 Å². The van der Waals surface area contributed by atoms with Crippen molar-refractivity contribution in [3.63, 3.8) is 0 Å². The Morgan fingerprint density at radius 3 is 2.21 bits per heavy atom. The molecule has 3 rings (SSSR count). The molecule has 3 fully saturated rings. The lowest BCUT2D eigenvalue weighted by Gasteiger charge is -2.43. The molecule has 3 saturated heterocycles. The average molecular weight is 477 g/mol. The van der Waals surface area contributed by atoms with Gasteiger partial charge in [-0.05, 0) is 38.8 Å². The van der Waals surface area contributed by atoms with Crippen LogP contribution in [0.2, 0.25) is 0 Å². The van der Waals surface area contributed by atoms with Gasteiger partial charge in [-0.1, -0.05) is 6.42 Å². The van der Waals surface area contributed by atoms with E-state index in [1.807, 2.05) is 0 Å². The van der Waals surface area contributed by atoms with Crippen LogP contribution in [0.3, 0.4) is 0 Å². The lowest BCUT2D eigenvalue weighted by molar-refractivity contribution is -0.196. The Kier molecular flexibility index (Phi) is 15.3. The van der Waals surface area contributed by atoms with Gasteiger partial charge in [0.25, 0.3) is 0 Å². The zero-order valence-electron chi connectivity index (χ0n) is 16.9. The van der Waals surface area contributed by atoms with Crippen LogP contribution in [0.15, 0.2) is 0 Å². The number of carbonyl (C=O) groups is 2. The van der Waals surface area contributed by atoms with E-state index in [1.165, 1.54) is 19.3 Å². The van der Waals surface area contributed by atoms with Crippen LogP contribution in [-0.2, 0) is 14.4 Å². The lowest BCUT2D eigenvalue weighted by atomic mass is 10.0. The lowest BCUT2D eigenvalue weighted by Crippen LogP contribution is -2.58. The summed E-state index contributed by atoms with van der Waals surface area (Å²) < 4.78 is 0. The van der Waals surface area contributed by atoms with Crippen molar-refractivity contribution in [1.82, 2.24) is 25.5 Å². The first-order valence-electron chi connectivity index (χ1n) is 10.1. The van der Waals surface area contributed by atoms with Crippen molar-refractivity contribution in [2.45, 2.75) is 50.7 Å². The predicted octanol–water partition coefficient (Wildman–Crippen LogP) is 1.03. The second-order valence-electron chi connectivity index (χ2n) is 7.51. The molecule has 3 heterocycles. The number of piperazine rings is 1. The first-order valence-corrected chi connectivity index (χ1v) is 10.1. The first kappa shape index (κ1) is 28.6. The maximum absolute atomic E-state index is 12.3. The summed E-state index contributed by atoms with van der Waals surface area (Å²) in [6, 6.07) is 0.667. The normalized spacial score (nSPS) is 22.9. The molecule has 11 heteroatoms. The minimum atomic E-state index is -0.278. The summed E-state index contributed by atoms with van der Waals surface area (Å²) in [5, 5.41) is 7.99. The van der Waals surface area contributed by atoms with Gasteiger partial charge in [0, 0.05) is 45.3 Å². The Bertz CT molecular complexity index is 458. The molecule has 1 amide bonds. The molecule has 8 nitrogen and oxygen atoms in total. The van der Waals surface area contributed by atoms with Crippen LogP contribution < -0.4 is 10.6 Å². The van der Waals surface area contributed by atoms with Crippen LogP contribution in [-0.4, -0.2) is 91.8 Å². The molecule has 29 heavy (non-hydrogen) atoms. The summed E-state index contributed by atoms with van der Waals surface area (Å²) in [5.41, 5.74) is 0. The third-order valence-electron chi connectivity index (χ3n) is 5.78. The Balaban J connectivity index is 0.00000261. The van der Waals surface area contributed by atoms with Crippen LogP contribution in [0.5, 0.6) is 0 Å². The van der Waals surface area contributed by atoms with E-state index in [-0.39, 0.29) is 55.8 Å². The van der Waals surface area contributed by atoms with Crippen molar-refractivity contribution in [2.24, 2.45) is 0 Å². The Labute approximate surface area is 192 Å². The van der Waals surface area contributed by atoms with Gasteiger partial charge in [0.2, 0.25) is 6.41 Å². The highest BCUT2D eigenvalue weighted by molar-refractivity contribution is 5.86. The summed E-state index contributed by atoms with van der Waals surface area (Å²) in [6.07, 6.45) is 6.37. The fourth-order valence-electron chi connectivity index (χ4n) is 4.25. The highest BCUT2D eigenvalue weighted by Crippen LogP contribution is 2.17. The van der Waals surface area contributed by atoms with Gasteiger partial charge in [0.1, 0.15) is 0 Å². The second kappa shape index (κ2) is 15.5. The van der Waals surface area contributed by atoms with E-state index in [9.17, 15) is 9.59 Å². The number of amides is 1. The van der Waals surface area contributed by atoms with Crippen molar-refractivity contribution in [3.05, 3.63) is 0 Å². The summed E-state index contributed by atoms with van der Waals surface area (Å²) in [5.74, 6) is -0.257. The number of nitrogens with zero attached hydrogens (tertiary/aromatic N) is 3. The highest BCUT2D eigenvalue weighted by atomic mass is 35.5. The van der Waals surface area contributed by atoms with Crippen molar-refractivity contribution in [2.75, 3.05) is 52.4 Å². The van der Waals surface area contributed by atoms with Gasteiger partial charge in [0.05, 0.1) is 12.6 Å². The Hall–Kier alpha value is -0.350. The predicted molar refractivity (Wildman–Crippen MR) is 120 cm³/mol. The third kappa shape index (κ3) is 9.12. The van der Waals surface area contributed by atoms with Crippen molar-refractivity contribution in [1.29, 1.82) is 0 Å². The largest absolute Gasteiger partial charge is 0.368 e. The van der Waals surface area contributed by atoms with Gasteiger partial charge in [-0.2, -0.15) is 0 Å². The summed E-state index contributed by atoms with van der Waals surface area (Å²) in [6.45, 7) is 7.54. The highest BCUT2D eigenvalue weighted by Gasteiger charge is 2.30. The van der Waals surface area contributed by atoms with Crippen molar-refractivity contribution in [3.8, 4) is 0 Å². The SMILES string of the molecule is Cl.Cl.Cl.O=CNC(CC(=O)ON1CCCCC1)N1CCN(C2CCNCC2)CC1. The number of hydrogen-bond donors (Lipinski definition) is 2. The van der Waals surface area contributed by atoms with E-state index < -0.39 is 0 Å². The molecular weight excluding hydrogens is 441 g/mol. The molecule has 0 bridgehead atoms. The summed E-state index contributed by atoms with van der Waals surface area (Å²) in [4.78, 5) is 33.5. The molecule has 0 aromatic carbocycles. The molecule has 0 saturated carbocycles. The first-order chi connectivity index (χ1) is 12.8. The standard InChI is InChI=1S/C18H33N5O3.3ClH/c24-15-20-17(14-18(25)26-23-8-2-1-3-9-23)22-12-10-21(11-13-22)16-4-6-19-7-5-16;;;/h15-17,19H,1-14H2,(H,20,24);3*1H. The van der Waals surface area contributed by atoms with Crippen LogP contribution in [0, 0.1) is 0 Å². The number of nitrogens with one attached hydrogen (secondary N) is 2. The van der Waals surface area contributed by atoms with E-state index in [0.29, 0.717) is 12.5 Å². The van der Waals surface area contributed by atoms with E-state index in [0.717, 1.165) is 65.2 Å². The monoisotopic (exact) mass is 475 g/mol. The number of piperidine rings is 2. The fraction of sp³-hybridized carbons (Fsp3) is 0.889. The van der Waals surface area contributed by atoms with Crippen LogP contribution >= 0.6 is 37.2 Å². The fourth-order valence-corrected chi connectivity index (χ4v) is 4.25. The van der Waals surface area contributed by atoms with Gasteiger partial charge >= 0.3 is 5.97 Å². The van der Waals surface area contributed by atoms with Crippen molar-refractivity contribution >= 4 is 49.6 Å². The number of hydroxylamine groups is 2. The van der Waals surface area contributed by atoms with Crippen LogP contribution in [0.1, 0.15) is 38.5 Å². The van der Waals surface area contributed by atoms with Gasteiger partial charge in [-0.3, -0.25) is 19.4 Å². The molecule has 0 spiro atoms. The number of hydrogen-bond acceptors (Lipinski definition) is 7. The maximum Gasteiger partial charge on any atom is 0.328 e. The average Bonchev–Trinajstić information content (AvgIpc) is 2.69. The minimum absolute atomic E-state index is 0. The van der Waals surface area contributed by atoms with Gasteiger partial charge in [0.15, 0.2) is 0 Å². The minimum Gasteiger partial charge on any atom is -0.368 e. The quantitative estimate of drug-likeness (QED) is 0.531. The molecule has 172 valence electrons. The molecule has 0 aliphatic carbocycles. The number of rotatable bonds is 7. The second-order valence-corrected chi connectivity index (χ2v) is 7.51. The summed E-state index contributed by atoms with van der Waals surface area (Å²) >= 11 is 0. The number of carbonyl (C=O) groups excluding carboxylic acids is 2. The van der Waals surface area contributed by atoms with E-state index in [2.05, 4.69) is 20.4 Å². The van der Waals surface area contributed by atoms with Gasteiger partial charge in [-0.25, -0.2) is 0 Å². The molecule has 0 radical (unpaired) electrons. The van der Waals surface area contributed by atoms with E-state index in [1.54, 1.807) is 5.06 Å². The van der Waals surface area contributed by atoms with E-state index in [4.69, 9.17) is 4.84 Å². The third-order valence-corrected chi connectivity index (χ3v) is 5.78. The zero-order chi connectivity index (χ0) is 18.2. The molecule has 0 aromatic heterocycles. The van der Waals surface area contributed by atoms with Crippen LogP contribution in [0.4, 0.5) is 0 Å². The molecule has 3 aliphatic heterocycles. The van der Waals surface area contributed by atoms with E-state index >= 15 is 0 Å². The molecule has 2 N–H and O–H groups in total. The Morgan fingerprint density at radius 1 is 1.00 bits per heavy atom. The topological polar surface area (TPSA) is 77.2 Å². The van der Waals surface area contributed by atoms with Crippen molar-refractivity contribution < 1.29 is 14.4 Å². The number of halogens is 3.